The second-order valence-electron chi connectivity index (χ2n) is 8.56. The van der Waals surface area contributed by atoms with E-state index in [0.29, 0.717) is 32.0 Å². The lowest BCUT2D eigenvalue weighted by Gasteiger charge is -2.34. The first kappa shape index (κ1) is 21.8. The first-order chi connectivity index (χ1) is 13.6. The fraction of sp³-hybridized carbons (Fsp3) is 0.619. The monoisotopic (exact) mass is 421 g/mol. The van der Waals surface area contributed by atoms with Crippen molar-refractivity contribution < 1.29 is 18.0 Å². The van der Waals surface area contributed by atoms with Gasteiger partial charge in [0.25, 0.3) is 0 Å². The molecule has 2 amide bonds. The van der Waals surface area contributed by atoms with E-state index < -0.39 is 16.1 Å². The smallest absolute Gasteiger partial charge is 0.241 e. The fourth-order valence-corrected chi connectivity index (χ4v) is 5.39. The van der Waals surface area contributed by atoms with E-state index >= 15 is 0 Å². The molecule has 8 heteroatoms. The highest BCUT2D eigenvalue weighted by molar-refractivity contribution is 7.89. The molecule has 0 spiro atoms. The molecule has 1 aromatic rings. The molecule has 2 aliphatic heterocycles. The van der Waals surface area contributed by atoms with Crippen molar-refractivity contribution in [1.82, 2.24) is 9.62 Å². The molecule has 1 aromatic carbocycles. The molecule has 1 N–H and O–H groups in total. The summed E-state index contributed by atoms with van der Waals surface area (Å²) in [5, 5.41) is 0. The third-order valence-electron chi connectivity index (χ3n) is 5.95. The highest BCUT2D eigenvalue weighted by Crippen LogP contribution is 2.30. The van der Waals surface area contributed by atoms with E-state index in [1.54, 1.807) is 21.9 Å². The molecule has 0 aliphatic carbocycles. The van der Waals surface area contributed by atoms with E-state index in [2.05, 4.69) is 11.6 Å². The van der Waals surface area contributed by atoms with Crippen LogP contribution in [0.25, 0.3) is 0 Å². The maximum absolute atomic E-state index is 13.0. The number of benzene rings is 1. The largest absolute Gasteiger partial charge is 0.341 e. The number of carbonyl (C=O) groups excluding carboxylic acids is 2. The number of hydrogen-bond acceptors (Lipinski definition) is 4. The first-order valence-electron chi connectivity index (χ1n) is 10.3. The molecule has 1 atom stereocenters. The SMILES string of the molecule is CC(=O)N1CCc2cc(S(=O)(=O)NC(C(=O)N3CCC(C)CC3)C(C)C)ccc21. The zero-order valence-electron chi connectivity index (χ0n) is 17.6. The molecule has 2 aliphatic rings. The van der Waals surface area contributed by atoms with Crippen molar-refractivity contribution in [1.29, 1.82) is 0 Å². The molecule has 0 aromatic heterocycles. The van der Waals surface area contributed by atoms with Gasteiger partial charge >= 0.3 is 0 Å². The van der Waals surface area contributed by atoms with Gasteiger partial charge in [-0.2, -0.15) is 4.72 Å². The van der Waals surface area contributed by atoms with Crippen LogP contribution in [0.15, 0.2) is 23.1 Å². The Morgan fingerprint density at radius 3 is 2.38 bits per heavy atom. The van der Waals surface area contributed by atoms with Crippen LogP contribution in [0.2, 0.25) is 0 Å². The number of fused-ring (bicyclic) bond motifs is 1. The third-order valence-corrected chi connectivity index (χ3v) is 7.39. The second-order valence-corrected chi connectivity index (χ2v) is 10.3. The zero-order chi connectivity index (χ0) is 21.3. The van der Waals surface area contributed by atoms with Gasteiger partial charge in [0.1, 0.15) is 6.04 Å². The summed E-state index contributed by atoms with van der Waals surface area (Å²) in [5.41, 5.74) is 1.59. The third kappa shape index (κ3) is 4.64. The Morgan fingerprint density at radius 2 is 1.79 bits per heavy atom. The van der Waals surface area contributed by atoms with Gasteiger partial charge in [-0.25, -0.2) is 8.42 Å². The number of hydrogen-bond donors (Lipinski definition) is 1. The summed E-state index contributed by atoms with van der Waals surface area (Å²) in [5.74, 6) is 0.215. The molecule has 7 nitrogen and oxygen atoms in total. The van der Waals surface area contributed by atoms with Crippen LogP contribution in [0.3, 0.4) is 0 Å². The van der Waals surface area contributed by atoms with E-state index in [1.165, 1.54) is 13.0 Å². The van der Waals surface area contributed by atoms with Crippen LogP contribution in [0.1, 0.15) is 46.1 Å². The van der Waals surface area contributed by atoms with Crippen molar-refractivity contribution in [2.24, 2.45) is 11.8 Å². The Morgan fingerprint density at radius 1 is 1.14 bits per heavy atom. The molecule has 0 saturated carbocycles. The van der Waals surface area contributed by atoms with Crippen LogP contribution in [-0.4, -0.2) is 50.8 Å². The topological polar surface area (TPSA) is 86.8 Å². The summed E-state index contributed by atoms with van der Waals surface area (Å²) >= 11 is 0. The van der Waals surface area contributed by atoms with Gasteiger partial charge in [-0.3, -0.25) is 9.59 Å². The van der Waals surface area contributed by atoms with Crippen LogP contribution in [0, 0.1) is 11.8 Å². The molecule has 3 rings (SSSR count). The molecule has 1 fully saturated rings. The number of carbonyl (C=O) groups is 2. The van der Waals surface area contributed by atoms with E-state index in [1.807, 2.05) is 13.8 Å². The minimum Gasteiger partial charge on any atom is -0.341 e. The molecular weight excluding hydrogens is 390 g/mol. The van der Waals surface area contributed by atoms with Gasteiger partial charge < -0.3 is 9.80 Å². The number of nitrogens with zero attached hydrogens (tertiary/aromatic N) is 2. The molecule has 1 saturated heterocycles. The van der Waals surface area contributed by atoms with Crippen molar-refractivity contribution in [3.05, 3.63) is 23.8 Å². The Labute approximate surface area is 173 Å². The summed E-state index contributed by atoms with van der Waals surface area (Å²) < 4.78 is 28.7. The predicted octanol–water partition coefficient (Wildman–Crippen LogP) is 2.16. The average molecular weight is 422 g/mol. The van der Waals surface area contributed by atoms with Gasteiger partial charge in [0.2, 0.25) is 21.8 Å². The number of likely N-dealkylation sites (tertiary alicyclic amines) is 1. The molecule has 1 unspecified atom stereocenters. The van der Waals surface area contributed by atoms with E-state index in [9.17, 15) is 18.0 Å². The number of anilines is 1. The van der Waals surface area contributed by atoms with E-state index in [-0.39, 0.29) is 22.6 Å². The summed E-state index contributed by atoms with van der Waals surface area (Å²) in [6.45, 7) is 9.28. The van der Waals surface area contributed by atoms with Crippen molar-refractivity contribution in [3.63, 3.8) is 0 Å². The van der Waals surface area contributed by atoms with Crippen LogP contribution < -0.4 is 9.62 Å². The maximum atomic E-state index is 13.0. The zero-order valence-corrected chi connectivity index (χ0v) is 18.5. The Balaban J connectivity index is 1.79. The summed E-state index contributed by atoms with van der Waals surface area (Å²) in [6, 6.07) is 4.00. The first-order valence-corrected chi connectivity index (χ1v) is 11.8. The van der Waals surface area contributed by atoms with Crippen LogP contribution in [0.5, 0.6) is 0 Å². The second kappa shape index (κ2) is 8.44. The average Bonchev–Trinajstić information content (AvgIpc) is 3.09. The van der Waals surface area contributed by atoms with Gasteiger partial charge in [-0.05, 0) is 54.9 Å². The number of rotatable bonds is 5. The molecule has 0 bridgehead atoms. The van der Waals surface area contributed by atoms with Gasteiger partial charge in [0.05, 0.1) is 4.90 Å². The molecule has 2 heterocycles. The number of amides is 2. The molecule has 29 heavy (non-hydrogen) atoms. The van der Waals surface area contributed by atoms with E-state index in [4.69, 9.17) is 0 Å². The summed E-state index contributed by atoms with van der Waals surface area (Å²) in [6.07, 6.45) is 2.51. The molecule has 160 valence electrons. The highest BCUT2D eigenvalue weighted by atomic mass is 32.2. The molecular formula is C21H31N3O4S. The van der Waals surface area contributed by atoms with E-state index in [0.717, 1.165) is 24.1 Å². The minimum atomic E-state index is -3.86. The Hall–Kier alpha value is -1.93. The van der Waals surface area contributed by atoms with Crippen molar-refractivity contribution >= 4 is 27.5 Å². The molecule has 0 radical (unpaired) electrons. The van der Waals surface area contributed by atoms with Crippen LogP contribution >= 0.6 is 0 Å². The van der Waals surface area contributed by atoms with Gasteiger partial charge in [0.15, 0.2) is 0 Å². The van der Waals surface area contributed by atoms with Crippen molar-refractivity contribution in [2.45, 2.75) is 57.9 Å². The lowest BCUT2D eigenvalue weighted by atomic mass is 9.97. The number of nitrogens with one attached hydrogen (secondary N) is 1. The lowest BCUT2D eigenvalue weighted by molar-refractivity contribution is -0.135. The maximum Gasteiger partial charge on any atom is 0.241 e. The van der Waals surface area contributed by atoms with Gasteiger partial charge in [0, 0.05) is 32.2 Å². The highest BCUT2D eigenvalue weighted by Gasteiger charge is 2.33. The normalized spacial score (nSPS) is 18.8. The lowest BCUT2D eigenvalue weighted by Crippen LogP contribution is -2.52. The van der Waals surface area contributed by atoms with Crippen molar-refractivity contribution in [2.75, 3.05) is 24.5 Å². The van der Waals surface area contributed by atoms with Crippen LogP contribution in [-0.2, 0) is 26.0 Å². The Kier molecular flexibility index (Phi) is 6.33. The quantitative estimate of drug-likeness (QED) is 0.789. The van der Waals surface area contributed by atoms with Crippen LogP contribution in [0.4, 0.5) is 5.69 Å². The summed E-state index contributed by atoms with van der Waals surface area (Å²) in [4.78, 5) is 28.3. The fourth-order valence-electron chi connectivity index (χ4n) is 4.00. The number of sulfonamides is 1. The Bertz CT molecular complexity index is 889. The standard InChI is InChI=1S/C21H31N3O4S/c1-14(2)20(21(26)23-10-7-15(3)8-11-23)22-29(27,28)18-5-6-19-17(13-18)9-12-24(19)16(4)25/h5-6,13-15,20,22H,7-12H2,1-4H3. The number of piperidine rings is 1. The predicted molar refractivity (Wildman–Crippen MR) is 112 cm³/mol. The van der Waals surface area contributed by atoms with Crippen molar-refractivity contribution in [3.8, 4) is 0 Å². The minimum absolute atomic E-state index is 0.0567. The van der Waals surface area contributed by atoms with Gasteiger partial charge in [-0.1, -0.05) is 20.8 Å². The summed E-state index contributed by atoms with van der Waals surface area (Å²) in [7, 11) is -3.86. The van der Waals surface area contributed by atoms with Gasteiger partial charge in [-0.15, -0.1) is 0 Å².